The van der Waals surface area contributed by atoms with Crippen molar-refractivity contribution in [1.82, 2.24) is 4.98 Å². The molecule has 0 spiro atoms. The minimum atomic E-state index is 0.138. The maximum Gasteiger partial charge on any atom is 0.171 e. The van der Waals surface area contributed by atoms with Gasteiger partial charge in [0.2, 0.25) is 0 Å². The predicted octanol–water partition coefficient (Wildman–Crippen LogP) is 4.43. The Morgan fingerprint density at radius 1 is 1.09 bits per heavy atom. The van der Waals surface area contributed by atoms with Gasteiger partial charge in [0.25, 0.3) is 0 Å². The number of hydrogen-bond acceptors (Lipinski definition) is 4. The topological polar surface area (TPSA) is 62.6 Å². The highest BCUT2D eigenvalue weighted by Gasteiger charge is 2.07. The van der Waals surface area contributed by atoms with Crippen LogP contribution in [-0.4, -0.2) is 22.3 Å². The first-order valence-corrected chi connectivity index (χ1v) is 7.99. The summed E-state index contributed by atoms with van der Waals surface area (Å²) >= 11 is 2.06. The number of aromatic hydroxyl groups is 2. The highest BCUT2D eigenvalue weighted by atomic mass is 127. The van der Waals surface area contributed by atoms with Crippen LogP contribution in [0.3, 0.4) is 0 Å². The first-order valence-electron chi connectivity index (χ1n) is 6.92. The second kappa shape index (κ2) is 6.45. The number of pyridine rings is 1. The van der Waals surface area contributed by atoms with Crippen LogP contribution in [-0.2, 0) is 0 Å². The summed E-state index contributed by atoms with van der Waals surface area (Å²) in [4.78, 5) is 4.45. The average molecular weight is 419 g/mol. The smallest absolute Gasteiger partial charge is 0.171 e. The highest BCUT2D eigenvalue weighted by Crippen LogP contribution is 2.33. The minimum absolute atomic E-state index is 0.138. The Morgan fingerprint density at radius 2 is 1.91 bits per heavy atom. The van der Waals surface area contributed by atoms with Crippen molar-refractivity contribution in [3.63, 3.8) is 0 Å². The number of benzene rings is 2. The van der Waals surface area contributed by atoms with Crippen LogP contribution in [0.2, 0.25) is 0 Å². The molecule has 1 aromatic heterocycles. The Labute approximate surface area is 147 Å². The molecule has 0 saturated carbocycles. The van der Waals surface area contributed by atoms with E-state index in [1.54, 1.807) is 18.2 Å². The molecule has 0 atom stereocenters. The van der Waals surface area contributed by atoms with E-state index in [0.29, 0.717) is 14.8 Å². The zero-order valence-corrected chi connectivity index (χ0v) is 14.5. The van der Waals surface area contributed by atoms with Gasteiger partial charge in [-0.05, 0) is 58.5 Å². The van der Waals surface area contributed by atoms with Gasteiger partial charge in [-0.25, -0.2) is 4.98 Å². The molecule has 0 amide bonds. The van der Waals surface area contributed by atoms with E-state index < -0.39 is 0 Å². The van der Waals surface area contributed by atoms with Crippen molar-refractivity contribution in [2.75, 3.05) is 7.11 Å². The molecular formula is C18H14INO3. The lowest BCUT2D eigenvalue weighted by atomic mass is 10.1. The number of phenolic OH excluding ortho intramolecular Hbond substituents is 2. The van der Waals surface area contributed by atoms with Gasteiger partial charge >= 0.3 is 0 Å². The number of phenols is 2. The number of methoxy groups -OCH3 is 1. The van der Waals surface area contributed by atoms with Gasteiger partial charge in [0.1, 0.15) is 11.3 Å². The van der Waals surface area contributed by atoms with E-state index in [1.165, 1.54) is 7.11 Å². The molecule has 2 N–H and O–H groups in total. The fourth-order valence-electron chi connectivity index (χ4n) is 2.27. The van der Waals surface area contributed by atoms with Gasteiger partial charge in [0.15, 0.2) is 11.5 Å². The molecule has 2 aromatic carbocycles. The fourth-order valence-corrected chi connectivity index (χ4v) is 2.89. The third-order valence-corrected chi connectivity index (χ3v) is 4.26. The van der Waals surface area contributed by atoms with E-state index >= 15 is 0 Å². The molecule has 0 fully saturated rings. The van der Waals surface area contributed by atoms with E-state index in [2.05, 4.69) is 27.6 Å². The fraction of sp³-hybridized carbons (Fsp3) is 0.0556. The van der Waals surface area contributed by atoms with Crippen LogP contribution in [0, 0.1) is 3.57 Å². The van der Waals surface area contributed by atoms with Gasteiger partial charge in [-0.1, -0.05) is 24.3 Å². The summed E-state index contributed by atoms with van der Waals surface area (Å²) in [7, 11) is 1.52. The molecule has 116 valence electrons. The van der Waals surface area contributed by atoms with Crippen molar-refractivity contribution in [2.45, 2.75) is 0 Å². The molecule has 4 nitrogen and oxygen atoms in total. The lowest BCUT2D eigenvalue weighted by Crippen LogP contribution is -1.88. The first-order chi connectivity index (χ1) is 11.1. The van der Waals surface area contributed by atoms with Gasteiger partial charge in [-0.15, -0.1) is 0 Å². The largest absolute Gasteiger partial charge is 0.506 e. The van der Waals surface area contributed by atoms with E-state index in [-0.39, 0.29) is 11.5 Å². The molecule has 5 heteroatoms. The molecule has 0 aliphatic rings. The Kier molecular flexibility index (Phi) is 4.38. The summed E-state index contributed by atoms with van der Waals surface area (Å²) in [5.41, 5.74) is 2.21. The van der Waals surface area contributed by atoms with Gasteiger partial charge < -0.3 is 14.9 Å². The number of halogens is 1. The van der Waals surface area contributed by atoms with Gasteiger partial charge in [-0.2, -0.15) is 0 Å². The van der Waals surface area contributed by atoms with Crippen LogP contribution in [0.4, 0.5) is 0 Å². The lowest BCUT2D eigenvalue weighted by molar-refractivity contribution is 0.371. The Morgan fingerprint density at radius 3 is 2.70 bits per heavy atom. The summed E-state index contributed by atoms with van der Waals surface area (Å²) in [6.45, 7) is 0. The van der Waals surface area contributed by atoms with E-state index in [9.17, 15) is 10.2 Å². The van der Waals surface area contributed by atoms with Crippen LogP contribution in [0.5, 0.6) is 17.2 Å². The standard InChI is InChI=1S/C18H14INO3/c1-23-16-10-11(9-14(19)18(16)22)5-7-13-8-6-12-3-2-4-15(21)17(12)20-13/h2-10,21-22H,1H3. The van der Waals surface area contributed by atoms with Crippen LogP contribution < -0.4 is 4.74 Å². The second-order valence-corrected chi connectivity index (χ2v) is 6.13. The SMILES string of the molecule is COc1cc(C=Cc2ccc3cccc(O)c3n2)cc(I)c1O. The van der Waals surface area contributed by atoms with Crippen molar-refractivity contribution in [3.05, 3.63) is 57.3 Å². The van der Waals surface area contributed by atoms with Crippen molar-refractivity contribution in [2.24, 2.45) is 0 Å². The second-order valence-electron chi connectivity index (χ2n) is 4.97. The minimum Gasteiger partial charge on any atom is -0.506 e. The molecule has 0 bridgehead atoms. The maximum absolute atomic E-state index is 9.88. The molecule has 0 aliphatic heterocycles. The van der Waals surface area contributed by atoms with Crippen molar-refractivity contribution >= 4 is 45.6 Å². The third-order valence-electron chi connectivity index (χ3n) is 3.44. The third kappa shape index (κ3) is 3.24. The molecule has 3 rings (SSSR count). The highest BCUT2D eigenvalue weighted by molar-refractivity contribution is 14.1. The number of fused-ring (bicyclic) bond motifs is 1. The zero-order valence-electron chi connectivity index (χ0n) is 12.3. The van der Waals surface area contributed by atoms with E-state index in [1.807, 2.05) is 36.4 Å². The first kappa shape index (κ1) is 15.6. The predicted molar refractivity (Wildman–Crippen MR) is 99.7 cm³/mol. The van der Waals surface area contributed by atoms with Gasteiger partial charge in [0, 0.05) is 5.39 Å². The van der Waals surface area contributed by atoms with Crippen LogP contribution >= 0.6 is 22.6 Å². The van der Waals surface area contributed by atoms with E-state index in [4.69, 9.17) is 4.74 Å². The van der Waals surface area contributed by atoms with E-state index in [0.717, 1.165) is 16.6 Å². The summed E-state index contributed by atoms with van der Waals surface area (Å²) in [6, 6.07) is 12.7. The van der Waals surface area contributed by atoms with Crippen LogP contribution in [0.15, 0.2) is 42.5 Å². The number of nitrogens with zero attached hydrogens (tertiary/aromatic N) is 1. The number of aromatic nitrogens is 1. The average Bonchev–Trinajstić information content (AvgIpc) is 2.56. The molecule has 0 radical (unpaired) electrons. The van der Waals surface area contributed by atoms with Gasteiger partial charge in [-0.3, -0.25) is 0 Å². The number of hydrogen-bond donors (Lipinski definition) is 2. The quantitative estimate of drug-likeness (QED) is 0.617. The van der Waals surface area contributed by atoms with Crippen LogP contribution in [0.1, 0.15) is 11.3 Å². The van der Waals surface area contributed by atoms with Crippen molar-refractivity contribution in [3.8, 4) is 17.2 Å². The summed E-state index contributed by atoms with van der Waals surface area (Å²) < 4.78 is 5.87. The normalized spacial score (nSPS) is 11.2. The van der Waals surface area contributed by atoms with Crippen LogP contribution in [0.25, 0.3) is 23.1 Å². The summed E-state index contributed by atoms with van der Waals surface area (Å²) in [5, 5.41) is 20.6. The summed E-state index contributed by atoms with van der Waals surface area (Å²) in [6.07, 6.45) is 3.74. The molecular weight excluding hydrogens is 405 g/mol. The molecule has 3 aromatic rings. The van der Waals surface area contributed by atoms with Crippen molar-refractivity contribution in [1.29, 1.82) is 0 Å². The Balaban J connectivity index is 1.97. The van der Waals surface area contributed by atoms with Crippen molar-refractivity contribution < 1.29 is 14.9 Å². The number of para-hydroxylation sites is 1. The molecule has 0 unspecified atom stereocenters. The monoisotopic (exact) mass is 419 g/mol. The zero-order chi connectivity index (χ0) is 16.4. The van der Waals surface area contributed by atoms with Gasteiger partial charge in [0.05, 0.1) is 16.4 Å². The molecule has 23 heavy (non-hydrogen) atoms. The Hall–Kier alpha value is -2.28. The maximum atomic E-state index is 9.88. The molecule has 0 saturated heterocycles. The number of ether oxygens (including phenoxy) is 1. The molecule has 1 heterocycles. The lowest BCUT2D eigenvalue weighted by Gasteiger charge is -2.06. The number of rotatable bonds is 3. The summed E-state index contributed by atoms with van der Waals surface area (Å²) in [5.74, 6) is 0.735. The molecule has 0 aliphatic carbocycles. The Bertz CT molecular complexity index is 906.